The van der Waals surface area contributed by atoms with Gasteiger partial charge in [-0.2, -0.15) is 0 Å². The van der Waals surface area contributed by atoms with Gasteiger partial charge in [-0.3, -0.25) is 10.2 Å². The van der Waals surface area contributed by atoms with E-state index in [9.17, 15) is 4.79 Å². The van der Waals surface area contributed by atoms with Crippen molar-refractivity contribution in [2.24, 2.45) is 0 Å². The lowest BCUT2D eigenvalue weighted by Gasteiger charge is -2.15. The van der Waals surface area contributed by atoms with Crippen LogP contribution in [-0.2, 0) is 0 Å². The first-order valence-electron chi connectivity index (χ1n) is 4.92. The molecule has 1 aliphatic heterocycles. The summed E-state index contributed by atoms with van der Waals surface area (Å²) in [6.07, 6.45) is 0. The number of rotatable bonds is 3. The van der Waals surface area contributed by atoms with Gasteiger partial charge < -0.3 is 4.90 Å². The summed E-state index contributed by atoms with van der Waals surface area (Å²) in [5.74, 6) is 0.854. The number of hydrogen-bond donors (Lipinski definition) is 1. The molecule has 1 aromatic carbocycles. The first kappa shape index (κ1) is 11.5. The Bertz CT molecular complexity index is 436. The normalized spacial score (nSPS) is 15.6. The highest BCUT2D eigenvalue weighted by Crippen LogP contribution is 2.19. The molecule has 1 heterocycles. The molecule has 0 spiro atoms. The maximum Gasteiger partial charge on any atom is 0.183 e. The van der Waals surface area contributed by atoms with Gasteiger partial charge in [0.25, 0.3) is 0 Å². The average molecular weight is 255 g/mol. The zero-order chi connectivity index (χ0) is 11.5. The van der Waals surface area contributed by atoms with Crippen LogP contribution in [0, 0.1) is 5.41 Å². The van der Waals surface area contributed by atoms with Gasteiger partial charge in [-0.1, -0.05) is 35.5 Å². The number of benzene rings is 1. The highest BCUT2D eigenvalue weighted by molar-refractivity contribution is 8.14. The zero-order valence-corrected chi connectivity index (χ0v) is 10.1. The van der Waals surface area contributed by atoms with E-state index < -0.39 is 0 Å². The van der Waals surface area contributed by atoms with Gasteiger partial charge in [-0.15, -0.1) is 0 Å². The number of ketones is 1. The third-order valence-corrected chi connectivity index (χ3v) is 3.64. The van der Waals surface area contributed by atoms with Crippen LogP contribution in [0.1, 0.15) is 10.4 Å². The third-order valence-electron chi connectivity index (χ3n) is 2.40. The molecule has 16 heavy (non-hydrogen) atoms. The number of Topliss-reactive ketones (excluding diaryl/α,β-unsaturated/α-hetero) is 1. The summed E-state index contributed by atoms with van der Waals surface area (Å²) in [5, 5.41) is 8.57. The molecule has 2 rings (SSSR count). The number of hydrogen-bond acceptors (Lipinski definition) is 3. The maximum absolute atomic E-state index is 11.9. The van der Waals surface area contributed by atoms with E-state index in [4.69, 9.17) is 17.0 Å². The SMILES string of the molecule is N=C1SCCN1CC(=O)c1ccccc1Cl. The highest BCUT2D eigenvalue weighted by atomic mass is 35.5. The second kappa shape index (κ2) is 4.89. The number of halogens is 1. The lowest BCUT2D eigenvalue weighted by Crippen LogP contribution is -2.30. The first-order chi connectivity index (χ1) is 7.68. The molecule has 1 fully saturated rings. The van der Waals surface area contributed by atoms with Crippen LogP contribution in [0.15, 0.2) is 24.3 Å². The van der Waals surface area contributed by atoms with E-state index >= 15 is 0 Å². The van der Waals surface area contributed by atoms with Crippen molar-refractivity contribution in [1.29, 1.82) is 5.41 Å². The largest absolute Gasteiger partial charge is 0.343 e. The predicted molar refractivity (Wildman–Crippen MR) is 67.5 cm³/mol. The highest BCUT2D eigenvalue weighted by Gasteiger charge is 2.21. The Balaban J connectivity index is 2.09. The minimum absolute atomic E-state index is 0.0298. The predicted octanol–water partition coefficient (Wildman–Crippen LogP) is 2.51. The molecule has 0 saturated carbocycles. The maximum atomic E-state index is 11.9. The summed E-state index contributed by atoms with van der Waals surface area (Å²) >= 11 is 7.41. The van der Waals surface area contributed by atoms with Crippen LogP contribution < -0.4 is 0 Å². The van der Waals surface area contributed by atoms with Gasteiger partial charge in [0, 0.05) is 17.9 Å². The van der Waals surface area contributed by atoms with Crippen molar-refractivity contribution >= 4 is 34.3 Å². The molecule has 0 aromatic heterocycles. The molecule has 1 saturated heterocycles. The van der Waals surface area contributed by atoms with Crippen LogP contribution in [0.3, 0.4) is 0 Å². The van der Waals surface area contributed by atoms with Crippen LogP contribution in [0.25, 0.3) is 0 Å². The number of nitrogens with zero attached hydrogens (tertiary/aromatic N) is 1. The molecule has 3 nitrogen and oxygen atoms in total. The molecule has 0 aliphatic carbocycles. The summed E-state index contributed by atoms with van der Waals surface area (Å²) in [4.78, 5) is 13.7. The van der Waals surface area contributed by atoms with E-state index in [0.717, 1.165) is 12.3 Å². The number of nitrogens with one attached hydrogen (secondary N) is 1. The van der Waals surface area contributed by atoms with E-state index in [2.05, 4.69) is 0 Å². The molecule has 0 unspecified atom stereocenters. The van der Waals surface area contributed by atoms with Crippen molar-refractivity contribution in [2.45, 2.75) is 0 Å². The van der Waals surface area contributed by atoms with Gasteiger partial charge in [0.1, 0.15) is 0 Å². The van der Waals surface area contributed by atoms with E-state index in [0.29, 0.717) is 15.8 Å². The lowest BCUT2D eigenvalue weighted by molar-refractivity contribution is 0.0966. The Morgan fingerprint density at radius 3 is 2.88 bits per heavy atom. The Labute approximate surface area is 103 Å². The Morgan fingerprint density at radius 1 is 1.50 bits per heavy atom. The third kappa shape index (κ3) is 2.39. The van der Waals surface area contributed by atoms with Crippen molar-refractivity contribution < 1.29 is 4.79 Å². The zero-order valence-electron chi connectivity index (χ0n) is 8.57. The number of thioether (sulfide) groups is 1. The van der Waals surface area contributed by atoms with Crippen LogP contribution in [0.4, 0.5) is 0 Å². The second-order valence-corrected chi connectivity index (χ2v) is 4.97. The second-order valence-electron chi connectivity index (χ2n) is 3.48. The van der Waals surface area contributed by atoms with Crippen LogP contribution in [0.2, 0.25) is 5.02 Å². The molecule has 5 heteroatoms. The smallest absolute Gasteiger partial charge is 0.183 e. The Morgan fingerprint density at radius 2 is 2.25 bits per heavy atom. The molecule has 1 aromatic rings. The molecule has 84 valence electrons. The summed E-state index contributed by atoms with van der Waals surface area (Å²) in [5.41, 5.74) is 0.536. The van der Waals surface area contributed by atoms with E-state index in [1.807, 2.05) is 0 Å². The molecule has 1 N–H and O–H groups in total. The molecule has 0 bridgehead atoms. The quantitative estimate of drug-likeness (QED) is 0.843. The van der Waals surface area contributed by atoms with Gasteiger partial charge in [-0.05, 0) is 12.1 Å². The van der Waals surface area contributed by atoms with E-state index in [1.165, 1.54) is 11.8 Å². The Kier molecular flexibility index (Phi) is 3.51. The minimum atomic E-state index is -0.0298. The Hall–Kier alpha value is -1.00. The van der Waals surface area contributed by atoms with Crippen molar-refractivity contribution in [1.82, 2.24) is 4.90 Å². The van der Waals surface area contributed by atoms with Crippen molar-refractivity contribution in [2.75, 3.05) is 18.8 Å². The fourth-order valence-corrected chi connectivity index (χ4v) is 2.63. The summed E-state index contributed by atoms with van der Waals surface area (Å²) in [6.45, 7) is 1.01. The van der Waals surface area contributed by atoms with Crippen molar-refractivity contribution in [3.8, 4) is 0 Å². The first-order valence-corrected chi connectivity index (χ1v) is 6.29. The van der Waals surface area contributed by atoms with E-state index in [1.54, 1.807) is 29.2 Å². The van der Waals surface area contributed by atoms with E-state index in [-0.39, 0.29) is 12.3 Å². The van der Waals surface area contributed by atoms with Gasteiger partial charge in [-0.25, -0.2) is 0 Å². The summed E-state index contributed by atoms with van der Waals surface area (Å²) < 4.78 is 0. The van der Waals surface area contributed by atoms with Crippen LogP contribution in [0.5, 0.6) is 0 Å². The van der Waals surface area contributed by atoms with Gasteiger partial charge in [0.15, 0.2) is 11.0 Å². The average Bonchev–Trinajstić information content (AvgIpc) is 2.65. The van der Waals surface area contributed by atoms with Crippen LogP contribution >= 0.6 is 23.4 Å². The standard InChI is InChI=1S/C11H11ClN2OS/c12-9-4-2-1-3-8(9)10(15)7-14-5-6-16-11(14)13/h1-4,13H,5-7H2. The number of amidine groups is 1. The lowest BCUT2D eigenvalue weighted by atomic mass is 10.1. The molecule has 1 aliphatic rings. The van der Waals surface area contributed by atoms with Crippen molar-refractivity contribution in [3.05, 3.63) is 34.9 Å². The minimum Gasteiger partial charge on any atom is -0.343 e. The monoisotopic (exact) mass is 254 g/mol. The summed E-state index contributed by atoms with van der Waals surface area (Å²) in [7, 11) is 0. The topological polar surface area (TPSA) is 44.2 Å². The van der Waals surface area contributed by atoms with Crippen molar-refractivity contribution in [3.63, 3.8) is 0 Å². The van der Waals surface area contributed by atoms with Crippen LogP contribution in [-0.4, -0.2) is 34.7 Å². The number of carbonyl (C=O) groups is 1. The van der Waals surface area contributed by atoms with Gasteiger partial charge >= 0.3 is 0 Å². The molecule has 0 atom stereocenters. The van der Waals surface area contributed by atoms with Gasteiger partial charge in [0.05, 0.1) is 11.6 Å². The fraction of sp³-hybridized carbons (Fsp3) is 0.273. The molecular formula is C11H11ClN2OS. The number of carbonyl (C=O) groups excluding carboxylic acids is 1. The molecule has 0 amide bonds. The van der Waals surface area contributed by atoms with Gasteiger partial charge in [0.2, 0.25) is 0 Å². The summed E-state index contributed by atoms with van der Waals surface area (Å²) in [6, 6.07) is 7.02. The molecule has 0 radical (unpaired) electrons. The molecular weight excluding hydrogens is 244 g/mol. The fourth-order valence-electron chi connectivity index (χ4n) is 1.54.